The lowest BCUT2D eigenvalue weighted by Gasteiger charge is -2.28. The van der Waals surface area contributed by atoms with Crippen LogP contribution in [0.5, 0.6) is 0 Å². The summed E-state index contributed by atoms with van der Waals surface area (Å²) in [5, 5.41) is 50.2. The quantitative estimate of drug-likeness (QED) is 0.0361. The molecule has 0 N–H and O–H groups in total. The Morgan fingerprint density at radius 3 is 0.951 bits per heavy atom. The molecule has 10 rings (SSSR count). The third-order valence-electron chi connectivity index (χ3n) is 15.7. The van der Waals surface area contributed by atoms with E-state index in [0.29, 0.717) is 41.1 Å². The van der Waals surface area contributed by atoms with Gasteiger partial charge in [-0.1, -0.05) is 125 Å². The van der Waals surface area contributed by atoms with Crippen LogP contribution in [0.4, 0.5) is 28.4 Å². The van der Waals surface area contributed by atoms with Crippen LogP contribution in [0.25, 0.3) is 29.1 Å². The van der Waals surface area contributed by atoms with Crippen LogP contribution in [0.3, 0.4) is 0 Å². The fourth-order valence-electron chi connectivity index (χ4n) is 10.1. The predicted molar refractivity (Wildman–Crippen MR) is 425 cm³/mol. The Balaban J connectivity index is 0.000000355. The smallest absolute Gasteiger partial charge is 0.194 e. The predicted octanol–water partition coefficient (Wildman–Crippen LogP) is 17.9. The standard InChI is InChI=1S/C28H26N4.C28H22N2P.C10H4N2O2.2C9H11NO.3CH4/c1-30-28-19-23(12-6-21-8-14-26(15-9-21)31(2)3)25(20-29)18-24(28)13-7-22-10-16-27(17-11-22)32(4)5;1-22-17-24(20-30)25(18-23(22)19-29)21-31(26-11-5-2-6-12-26,27-13-7-3-8-14-27)28-15-9-4-10-16-28;11-3-7-1-9(5-13)8(4-12)2-10(7)6-14;2*1-10(2)9-5-3-8(7-11)4-6-9;;;/h6-19H,2-5H3;2-18H,21H2,1H3;1-2,5-6H;2*3-7H,1-2H3;3*1H4/q;+1;;;;;;. The van der Waals surface area contributed by atoms with Crippen LogP contribution in [0.15, 0.2) is 224 Å². The monoisotopic (exact) mass is 1370 g/mol. The maximum atomic E-state index is 10.5. The molecule has 0 atom stereocenters. The molecule has 0 bridgehead atoms. The van der Waals surface area contributed by atoms with Gasteiger partial charge in [-0.3, -0.25) is 19.2 Å². The maximum Gasteiger partial charge on any atom is 0.194 e. The lowest BCUT2D eigenvalue weighted by Crippen LogP contribution is -2.32. The van der Waals surface area contributed by atoms with Gasteiger partial charge in [0.1, 0.15) is 35.7 Å². The molecule has 14 nitrogen and oxygen atoms in total. The highest BCUT2D eigenvalue weighted by Gasteiger charge is 2.46. The van der Waals surface area contributed by atoms with Gasteiger partial charge in [-0.05, 0) is 180 Å². The van der Waals surface area contributed by atoms with Gasteiger partial charge in [-0.15, -0.1) is 0 Å². The molecule has 0 aliphatic heterocycles. The van der Waals surface area contributed by atoms with Gasteiger partial charge >= 0.3 is 0 Å². The van der Waals surface area contributed by atoms with Gasteiger partial charge in [-0.25, -0.2) is 4.85 Å². The van der Waals surface area contributed by atoms with Crippen LogP contribution in [0, 0.1) is 70.2 Å². The third-order valence-corrected chi connectivity index (χ3v) is 20.0. The molecule has 0 unspecified atom stereocenters. The van der Waals surface area contributed by atoms with Gasteiger partial charge < -0.3 is 19.6 Å². The van der Waals surface area contributed by atoms with Crippen LogP contribution in [-0.4, -0.2) is 81.5 Å². The number of nitrogens with zero attached hydrogens (tertiary/aromatic N) is 10. The zero-order chi connectivity index (χ0) is 71.9. The Labute approximate surface area is 604 Å². The van der Waals surface area contributed by atoms with Crippen LogP contribution < -0.4 is 35.5 Å². The topological polar surface area (TPSA) is 205 Å². The summed E-state index contributed by atoms with van der Waals surface area (Å²) in [7, 11) is 13.8. The minimum atomic E-state index is -2.12. The number of aryl methyl sites for hydroxylation is 1. The van der Waals surface area contributed by atoms with Gasteiger partial charge in [-0.2, -0.15) is 26.3 Å². The molecule has 0 fully saturated rings. The summed E-state index contributed by atoms with van der Waals surface area (Å²) in [6.07, 6.45) is 11.1. The highest BCUT2D eigenvalue weighted by molar-refractivity contribution is 7.95. The molecule has 10 aromatic rings. The first kappa shape index (κ1) is 83.2. The molecule has 15 heteroatoms. The summed E-state index contributed by atoms with van der Waals surface area (Å²) in [5.74, 6) is 0. The van der Waals surface area contributed by atoms with Gasteiger partial charge in [0.2, 0.25) is 0 Å². The van der Waals surface area contributed by atoms with Crippen molar-refractivity contribution in [2.45, 2.75) is 35.4 Å². The van der Waals surface area contributed by atoms with E-state index in [1.54, 1.807) is 24.3 Å². The van der Waals surface area contributed by atoms with Gasteiger partial charge in [0.05, 0.1) is 70.9 Å². The van der Waals surface area contributed by atoms with Crippen molar-refractivity contribution in [2.24, 2.45) is 0 Å². The summed E-state index contributed by atoms with van der Waals surface area (Å²) in [4.78, 5) is 53.3. The molecule has 10 aromatic carbocycles. The number of hydrogen-bond donors (Lipinski definition) is 0. The lowest BCUT2D eigenvalue weighted by atomic mass is 10.0. The molecule has 512 valence electrons. The number of nitriles is 5. The zero-order valence-corrected chi connectivity index (χ0v) is 57.6. The van der Waals surface area contributed by atoms with E-state index >= 15 is 0 Å². The summed E-state index contributed by atoms with van der Waals surface area (Å²) in [6, 6.07) is 83.3. The Morgan fingerprint density at radius 1 is 0.353 bits per heavy atom. The number of hydrogen-bond acceptors (Lipinski definition) is 13. The fourth-order valence-corrected chi connectivity index (χ4v) is 14.3. The molecule has 0 aliphatic carbocycles. The second-order valence-electron chi connectivity index (χ2n) is 23.1. The number of benzene rings is 10. The highest BCUT2D eigenvalue weighted by Crippen LogP contribution is 2.58. The molecule has 0 saturated carbocycles. The maximum absolute atomic E-state index is 10.5. The van der Waals surface area contributed by atoms with Crippen molar-refractivity contribution in [3.8, 4) is 30.3 Å². The third kappa shape index (κ3) is 22.8. The minimum Gasteiger partial charge on any atom is -0.378 e. The highest BCUT2D eigenvalue weighted by atomic mass is 31.2. The van der Waals surface area contributed by atoms with Crippen molar-refractivity contribution in [3.05, 3.63) is 319 Å². The van der Waals surface area contributed by atoms with Crippen molar-refractivity contribution in [1.82, 2.24) is 0 Å². The van der Waals surface area contributed by atoms with E-state index in [4.69, 9.17) is 17.1 Å². The first-order chi connectivity index (χ1) is 47.8. The molecule has 0 saturated heterocycles. The second kappa shape index (κ2) is 41.9. The SMILES string of the molecule is C.C.C.CN(C)c1ccc(C=O)cc1.CN(C)c1ccc(C=O)cc1.Cc1cc(C#N)c(C[P+](c2ccccc2)(c2ccccc2)c2ccccc2)cc1C#N.N#Cc1cc(C=O)c(C#N)cc1C=O.[C-]#[N+]c1cc(C=Cc2ccc(N(C)C)cc2)c(C#N)cc1C=Cc1ccc(N(C)C)cc1. The van der Waals surface area contributed by atoms with Gasteiger partial charge in [0.15, 0.2) is 18.3 Å². The van der Waals surface area contributed by atoms with Crippen molar-refractivity contribution >= 4 is 101 Å². The molecule has 0 radical (unpaired) electrons. The van der Waals surface area contributed by atoms with Crippen molar-refractivity contribution < 1.29 is 19.2 Å². The van der Waals surface area contributed by atoms with Gasteiger partial charge in [0, 0.05) is 107 Å². The summed E-state index contributed by atoms with van der Waals surface area (Å²) < 4.78 is 0. The second-order valence-corrected chi connectivity index (χ2v) is 26.6. The van der Waals surface area contributed by atoms with Crippen LogP contribution in [0.2, 0.25) is 0 Å². The molecular formula is C87H86N10O4P+. The van der Waals surface area contributed by atoms with Gasteiger partial charge in [0.25, 0.3) is 0 Å². The number of carbonyl (C=O) groups is 4. The number of anilines is 4. The molecule has 0 amide bonds. The molecular weight excluding hydrogens is 1280 g/mol. The number of aldehydes is 4. The molecule has 0 aromatic heterocycles. The van der Waals surface area contributed by atoms with Crippen LogP contribution in [0.1, 0.15) is 125 Å². The Kier molecular flexibility index (Phi) is 34.2. The Bertz CT molecular complexity index is 4430. The molecule has 0 spiro atoms. The average molecular weight is 1370 g/mol. The van der Waals surface area contributed by atoms with Crippen molar-refractivity contribution in [2.75, 3.05) is 76.0 Å². The van der Waals surface area contributed by atoms with Crippen molar-refractivity contribution in [3.63, 3.8) is 0 Å². The summed E-state index contributed by atoms with van der Waals surface area (Å²) in [5.41, 5.74) is 14.0. The van der Waals surface area contributed by atoms with Crippen LogP contribution >= 0.6 is 7.26 Å². The minimum absolute atomic E-state index is 0. The van der Waals surface area contributed by atoms with Crippen molar-refractivity contribution in [1.29, 1.82) is 26.3 Å². The largest absolute Gasteiger partial charge is 0.378 e. The van der Waals surface area contributed by atoms with E-state index in [-0.39, 0.29) is 44.5 Å². The summed E-state index contributed by atoms with van der Waals surface area (Å²) >= 11 is 0. The normalized spacial score (nSPS) is 9.83. The Hall–Kier alpha value is -13.1. The zero-order valence-electron chi connectivity index (χ0n) is 56.7. The van der Waals surface area contributed by atoms with E-state index in [1.807, 2.05) is 210 Å². The fraction of sp³-hybridized carbons (Fsp3) is 0.149. The van der Waals surface area contributed by atoms with E-state index in [0.717, 1.165) is 79.8 Å². The van der Waals surface area contributed by atoms with Crippen LogP contribution in [-0.2, 0) is 6.16 Å². The first-order valence-corrected chi connectivity index (χ1v) is 33.0. The molecule has 0 aliphatic rings. The number of carbonyl (C=O) groups excluding carboxylic acids is 4. The Morgan fingerprint density at radius 2 is 0.657 bits per heavy atom. The molecule has 0 heterocycles. The lowest BCUT2D eigenvalue weighted by molar-refractivity contribution is 0.111. The molecule has 102 heavy (non-hydrogen) atoms. The van der Waals surface area contributed by atoms with E-state index in [2.05, 4.69) is 120 Å². The average Bonchev–Trinajstić information content (AvgIpc) is 0.747. The van der Waals surface area contributed by atoms with E-state index in [1.165, 1.54) is 28.0 Å². The first-order valence-electron chi connectivity index (χ1n) is 31.0. The summed E-state index contributed by atoms with van der Waals surface area (Å²) in [6.45, 7) is 9.49. The number of rotatable bonds is 17. The van der Waals surface area contributed by atoms with E-state index in [9.17, 15) is 35.0 Å². The van der Waals surface area contributed by atoms with E-state index < -0.39 is 7.26 Å².